The van der Waals surface area contributed by atoms with Gasteiger partial charge < -0.3 is 5.11 Å². The van der Waals surface area contributed by atoms with Gasteiger partial charge in [-0.15, -0.1) is 0 Å². The number of nitro groups is 1. The molecule has 104 valence electrons. The van der Waals surface area contributed by atoms with Gasteiger partial charge in [0.05, 0.1) is 21.6 Å². The molecule has 3 rings (SSSR count). The van der Waals surface area contributed by atoms with Crippen LogP contribution in [-0.4, -0.2) is 26.2 Å². The van der Waals surface area contributed by atoms with Crippen molar-refractivity contribution in [1.29, 1.82) is 0 Å². The molecule has 0 spiro atoms. The Kier molecular flexibility index (Phi) is 2.87. The summed E-state index contributed by atoms with van der Waals surface area (Å²) in [5.74, 6) is -1.04. The van der Waals surface area contributed by atoms with Crippen molar-refractivity contribution in [2.24, 2.45) is 0 Å². The number of nitro benzene ring substituents is 1. The average molecular weight is 283 g/mol. The lowest BCUT2D eigenvalue weighted by molar-refractivity contribution is -0.384. The predicted molar refractivity (Wildman–Crippen MR) is 75.1 cm³/mol. The molecule has 0 fully saturated rings. The number of rotatable bonds is 3. The summed E-state index contributed by atoms with van der Waals surface area (Å²) in [5.41, 5.74) is 1.41. The quantitative estimate of drug-likeness (QED) is 0.567. The minimum absolute atomic E-state index is 0.0480. The number of carboxylic acids is 1. The standard InChI is InChI=1S/C14H9N3O4/c18-14(19)8-5-6-9-11(7-8)15-16-13(9)10-3-1-2-4-12(10)17(20)21/h1-7H,(H,15,16)(H,18,19). The summed E-state index contributed by atoms with van der Waals surface area (Å²) >= 11 is 0. The van der Waals surface area contributed by atoms with Gasteiger partial charge in [0.2, 0.25) is 0 Å². The van der Waals surface area contributed by atoms with E-state index in [1.54, 1.807) is 24.3 Å². The van der Waals surface area contributed by atoms with E-state index in [1.807, 2.05) is 0 Å². The fourth-order valence-electron chi connectivity index (χ4n) is 2.19. The van der Waals surface area contributed by atoms with Gasteiger partial charge in [0.1, 0.15) is 5.69 Å². The third-order valence-electron chi connectivity index (χ3n) is 3.17. The Bertz CT molecular complexity index is 870. The number of nitrogens with zero attached hydrogens (tertiary/aromatic N) is 2. The van der Waals surface area contributed by atoms with Gasteiger partial charge in [0, 0.05) is 11.5 Å². The van der Waals surface area contributed by atoms with E-state index in [4.69, 9.17) is 5.11 Å². The Morgan fingerprint density at radius 2 is 2.00 bits per heavy atom. The maximum Gasteiger partial charge on any atom is 0.335 e. The van der Waals surface area contributed by atoms with E-state index >= 15 is 0 Å². The summed E-state index contributed by atoms with van der Waals surface area (Å²) in [4.78, 5) is 21.6. The zero-order valence-electron chi connectivity index (χ0n) is 10.6. The van der Waals surface area contributed by atoms with Crippen molar-refractivity contribution in [3.8, 4) is 11.3 Å². The Hall–Kier alpha value is -3.22. The smallest absolute Gasteiger partial charge is 0.335 e. The van der Waals surface area contributed by atoms with Gasteiger partial charge in [-0.3, -0.25) is 15.2 Å². The molecule has 0 atom stereocenters. The number of carboxylic acid groups (broad SMARTS) is 1. The largest absolute Gasteiger partial charge is 0.478 e. The number of H-pyrrole nitrogens is 1. The molecule has 0 aliphatic heterocycles. The number of hydrogen-bond acceptors (Lipinski definition) is 4. The summed E-state index contributed by atoms with van der Waals surface area (Å²) in [7, 11) is 0. The molecule has 1 heterocycles. The second-order valence-electron chi connectivity index (χ2n) is 4.41. The monoisotopic (exact) mass is 283 g/mol. The molecular formula is C14H9N3O4. The lowest BCUT2D eigenvalue weighted by Crippen LogP contribution is -1.95. The van der Waals surface area contributed by atoms with E-state index in [1.165, 1.54) is 18.2 Å². The number of aromatic nitrogens is 2. The average Bonchev–Trinajstić information content (AvgIpc) is 2.89. The third-order valence-corrected chi connectivity index (χ3v) is 3.17. The molecule has 0 radical (unpaired) electrons. The Labute approximate surface area is 118 Å². The number of benzene rings is 2. The number of aromatic carboxylic acids is 1. The maximum atomic E-state index is 11.1. The van der Waals surface area contributed by atoms with Crippen molar-refractivity contribution >= 4 is 22.6 Å². The van der Waals surface area contributed by atoms with Crippen LogP contribution in [0.15, 0.2) is 42.5 Å². The van der Waals surface area contributed by atoms with Crippen molar-refractivity contribution in [3.63, 3.8) is 0 Å². The molecule has 0 bridgehead atoms. The van der Waals surface area contributed by atoms with Crippen LogP contribution in [0.1, 0.15) is 10.4 Å². The number of carbonyl (C=O) groups is 1. The normalized spacial score (nSPS) is 10.7. The van der Waals surface area contributed by atoms with E-state index in [-0.39, 0.29) is 11.3 Å². The first-order valence-electron chi connectivity index (χ1n) is 6.03. The summed E-state index contributed by atoms with van der Waals surface area (Å²) < 4.78 is 0. The van der Waals surface area contributed by atoms with Crippen molar-refractivity contribution in [2.45, 2.75) is 0 Å². The van der Waals surface area contributed by atoms with Crippen LogP contribution < -0.4 is 0 Å². The minimum atomic E-state index is -1.04. The first kappa shape index (κ1) is 12.8. The molecule has 21 heavy (non-hydrogen) atoms. The highest BCUT2D eigenvalue weighted by atomic mass is 16.6. The van der Waals surface area contributed by atoms with E-state index in [0.717, 1.165) is 0 Å². The molecule has 0 aliphatic carbocycles. The van der Waals surface area contributed by atoms with E-state index in [9.17, 15) is 14.9 Å². The molecule has 0 saturated carbocycles. The molecule has 0 amide bonds. The number of hydrogen-bond donors (Lipinski definition) is 2. The van der Waals surface area contributed by atoms with Crippen molar-refractivity contribution < 1.29 is 14.8 Å². The second-order valence-corrected chi connectivity index (χ2v) is 4.41. The fourth-order valence-corrected chi connectivity index (χ4v) is 2.19. The molecule has 0 unspecified atom stereocenters. The van der Waals surface area contributed by atoms with E-state index < -0.39 is 10.9 Å². The molecule has 7 nitrogen and oxygen atoms in total. The van der Waals surface area contributed by atoms with Gasteiger partial charge >= 0.3 is 5.97 Å². The van der Waals surface area contributed by atoms with Crippen LogP contribution in [0.2, 0.25) is 0 Å². The summed E-state index contributed by atoms with van der Waals surface area (Å²) in [5, 5.41) is 27.5. The fraction of sp³-hybridized carbons (Fsp3) is 0. The van der Waals surface area contributed by atoms with Gasteiger partial charge in [-0.1, -0.05) is 12.1 Å². The highest BCUT2D eigenvalue weighted by Gasteiger charge is 2.19. The van der Waals surface area contributed by atoms with Gasteiger partial charge in [0.25, 0.3) is 5.69 Å². The van der Waals surface area contributed by atoms with Crippen LogP contribution >= 0.6 is 0 Å². The minimum Gasteiger partial charge on any atom is -0.478 e. The lowest BCUT2D eigenvalue weighted by Gasteiger charge is -2.00. The van der Waals surface area contributed by atoms with Crippen LogP contribution in [0.5, 0.6) is 0 Å². The SMILES string of the molecule is O=C(O)c1ccc2c(-c3ccccc3[N+](=O)[O-])n[nH]c2c1. The molecule has 7 heteroatoms. The van der Waals surface area contributed by atoms with Crippen LogP contribution in [-0.2, 0) is 0 Å². The zero-order valence-corrected chi connectivity index (χ0v) is 10.6. The summed E-state index contributed by atoms with van der Waals surface area (Å²) in [6, 6.07) is 10.8. The Morgan fingerprint density at radius 1 is 1.24 bits per heavy atom. The summed E-state index contributed by atoms with van der Waals surface area (Å²) in [6.07, 6.45) is 0. The molecule has 0 aliphatic rings. The molecule has 1 aromatic heterocycles. The maximum absolute atomic E-state index is 11.1. The molecule has 3 aromatic rings. The van der Waals surface area contributed by atoms with E-state index in [2.05, 4.69) is 10.2 Å². The van der Waals surface area contributed by atoms with Crippen molar-refractivity contribution in [1.82, 2.24) is 10.2 Å². The van der Waals surface area contributed by atoms with Crippen LogP contribution in [0.4, 0.5) is 5.69 Å². The summed E-state index contributed by atoms with van der Waals surface area (Å²) in [6.45, 7) is 0. The number of para-hydroxylation sites is 1. The van der Waals surface area contributed by atoms with Crippen LogP contribution in [0, 0.1) is 10.1 Å². The molecule has 0 saturated heterocycles. The molecular weight excluding hydrogens is 274 g/mol. The van der Waals surface area contributed by atoms with Crippen molar-refractivity contribution in [2.75, 3.05) is 0 Å². The first-order chi connectivity index (χ1) is 10.1. The first-order valence-corrected chi connectivity index (χ1v) is 6.03. The Balaban J connectivity index is 2.23. The van der Waals surface area contributed by atoms with Gasteiger partial charge in [0.15, 0.2) is 0 Å². The van der Waals surface area contributed by atoms with E-state index in [0.29, 0.717) is 22.2 Å². The molecule has 2 aromatic carbocycles. The predicted octanol–water partition coefficient (Wildman–Crippen LogP) is 2.84. The number of nitrogens with one attached hydrogen (secondary N) is 1. The van der Waals surface area contributed by atoms with Crippen LogP contribution in [0.3, 0.4) is 0 Å². The highest BCUT2D eigenvalue weighted by molar-refractivity contribution is 5.99. The molecule has 2 N–H and O–H groups in total. The highest BCUT2D eigenvalue weighted by Crippen LogP contribution is 2.33. The third kappa shape index (κ3) is 2.10. The lowest BCUT2D eigenvalue weighted by atomic mass is 10.0. The Morgan fingerprint density at radius 3 is 2.71 bits per heavy atom. The number of fused-ring (bicyclic) bond motifs is 1. The van der Waals surface area contributed by atoms with Gasteiger partial charge in [-0.25, -0.2) is 4.79 Å². The van der Waals surface area contributed by atoms with Crippen LogP contribution in [0.25, 0.3) is 22.2 Å². The van der Waals surface area contributed by atoms with Gasteiger partial charge in [-0.05, 0) is 24.3 Å². The second kappa shape index (κ2) is 4.71. The topological polar surface area (TPSA) is 109 Å². The zero-order chi connectivity index (χ0) is 15.0. The number of aromatic amines is 1. The van der Waals surface area contributed by atoms with Gasteiger partial charge in [-0.2, -0.15) is 5.10 Å². The van der Waals surface area contributed by atoms with Crippen molar-refractivity contribution in [3.05, 3.63) is 58.1 Å².